The zero-order valence-electron chi connectivity index (χ0n) is 5.13. The molecular weight excluding hydrogens is 120 g/mol. The van der Waals surface area contributed by atoms with Crippen molar-refractivity contribution >= 4 is 11.6 Å². The number of carbonyl (C=O) groups is 2. The largest absolute Gasteiger partial charge is 0.388 e. The first kappa shape index (κ1) is 8.04. The summed E-state index contributed by atoms with van der Waals surface area (Å²) in [6.45, 7) is 0.797. The van der Waals surface area contributed by atoms with E-state index in [0.29, 0.717) is 0 Å². The molecule has 0 aromatic heterocycles. The van der Waals surface area contributed by atoms with Crippen molar-refractivity contribution in [3.8, 4) is 0 Å². The van der Waals surface area contributed by atoms with Gasteiger partial charge in [-0.15, -0.1) is 0 Å². The van der Waals surface area contributed by atoms with Gasteiger partial charge in [0.05, 0.1) is 0 Å². The Morgan fingerprint density at radius 1 is 1.44 bits per heavy atom. The van der Waals surface area contributed by atoms with Crippen LogP contribution in [0.3, 0.4) is 0 Å². The lowest BCUT2D eigenvalue weighted by molar-refractivity contribution is -0.118. The molecule has 0 aromatic carbocycles. The molecule has 0 aliphatic heterocycles. The molecule has 0 saturated heterocycles. The van der Waals surface area contributed by atoms with E-state index in [0.717, 1.165) is 12.2 Å². The summed E-state index contributed by atoms with van der Waals surface area (Å²) in [7, 11) is 0. The molecule has 3 heteroatoms. The van der Waals surface area contributed by atoms with Gasteiger partial charge in [0.2, 0.25) is 0 Å². The maximum Gasteiger partial charge on any atom is 0.181 e. The summed E-state index contributed by atoms with van der Waals surface area (Å²) in [5.41, 5.74) is 0. The molecular formula is C6H8O3. The number of aliphatic hydroxyl groups is 1. The zero-order chi connectivity index (χ0) is 7.28. The summed E-state index contributed by atoms with van der Waals surface area (Å²) in [6, 6.07) is 0. The van der Waals surface area contributed by atoms with Gasteiger partial charge in [0.25, 0.3) is 0 Å². The van der Waals surface area contributed by atoms with Crippen molar-refractivity contribution in [2.45, 2.75) is 6.92 Å². The fourth-order valence-corrected chi connectivity index (χ4v) is 0.263. The normalized spacial score (nSPS) is 10.0. The van der Waals surface area contributed by atoms with Crippen LogP contribution in [-0.4, -0.2) is 23.3 Å². The molecule has 0 rings (SSSR count). The van der Waals surface area contributed by atoms with Crippen LogP contribution in [0.4, 0.5) is 0 Å². The maximum atomic E-state index is 10.2. The van der Waals surface area contributed by atoms with Gasteiger partial charge in [-0.1, -0.05) is 0 Å². The van der Waals surface area contributed by atoms with Crippen molar-refractivity contribution in [3.05, 3.63) is 12.2 Å². The number of allylic oxidation sites excluding steroid dienone is 1. The van der Waals surface area contributed by atoms with E-state index >= 15 is 0 Å². The summed E-state index contributed by atoms with van der Waals surface area (Å²) < 4.78 is 0. The third-order valence-corrected chi connectivity index (χ3v) is 0.660. The highest BCUT2D eigenvalue weighted by Crippen LogP contribution is 1.76. The van der Waals surface area contributed by atoms with Gasteiger partial charge in [-0.3, -0.25) is 9.59 Å². The molecule has 0 radical (unpaired) electrons. The van der Waals surface area contributed by atoms with E-state index in [4.69, 9.17) is 5.11 Å². The smallest absolute Gasteiger partial charge is 0.181 e. The predicted octanol–water partition coefficient (Wildman–Crippen LogP) is -0.307. The van der Waals surface area contributed by atoms with Gasteiger partial charge in [-0.05, 0) is 19.1 Å². The molecule has 50 valence electrons. The van der Waals surface area contributed by atoms with E-state index in [-0.39, 0.29) is 5.78 Å². The van der Waals surface area contributed by atoms with Gasteiger partial charge in [0, 0.05) is 0 Å². The van der Waals surface area contributed by atoms with Crippen molar-refractivity contribution < 1.29 is 14.7 Å². The Hall–Kier alpha value is -0.960. The Labute approximate surface area is 53.0 Å². The lowest BCUT2D eigenvalue weighted by Crippen LogP contribution is -1.98. The first-order chi connectivity index (χ1) is 4.16. The van der Waals surface area contributed by atoms with E-state index in [9.17, 15) is 9.59 Å². The fourth-order valence-electron chi connectivity index (χ4n) is 0.263. The summed E-state index contributed by atoms with van der Waals surface area (Å²) in [6.07, 6.45) is 2.18. The SMILES string of the molecule is CC(=O)/C=C/C(=O)CO. The highest BCUT2D eigenvalue weighted by atomic mass is 16.3. The molecule has 3 nitrogen and oxygen atoms in total. The topological polar surface area (TPSA) is 54.4 Å². The molecule has 0 aliphatic rings. The van der Waals surface area contributed by atoms with E-state index in [1.165, 1.54) is 6.92 Å². The Balaban J connectivity index is 3.71. The van der Waals surface area contributed by atoms with Gasteiger partial charge in [-0.2, -0.15) is 0 Å². The molecule has 0 fully saturated rings. The number of aliphatic hydroxyl groups excluding tert-OH is 1. The van der Waals surface area contributed by atoms with Crippen molar-refractivity contribution in [1.82, 2.24) is 0 Å². The average molecular weight is 128 g/mol. The van der Waals surface area contributed by atoms with Crippen LogP contribution in [0, 0.1) is 0 Å². The minimum Gasteiger partial charge on any atom is -0.388 e. The van der Waals surface area contributed by atoms with Crippen molar-refractivity contribution in [1.29, 1.82) is 0 Å². The van der Waals surface area contributed by atoms with Crippen LogP contribution < -0.4 is 0 Å². The van der Waals surface area contributed by atoms with Crippen LogP contribution in [0.1, 0.15) is 6.92 Å². The highest BCUT2D eigenvalue weighted by Gasteiger charge is 1.90. The van der Waals surface area contributed by atoms with Crippen LogP contribution in [0.25, 0.3) is 0 Å². The zero-order valence-corrected chi connectivity index (χ0v) is 5.13. The molecule has 0 saturated carbocycles. The summed E-state index contributed by atoms with van der Waals surface area (Å²) in [5, 5.41) is 8.14. The fraction of sp³-hybridized carbons (Fsp3) is 0.333. The molecule has 0 bridgehead atoms. The standard InChI is InChI=1S/C6H8O3/c1-5(8)2-3-6(9)4-7/h2-3,7H,4H2,1H3/b3-2+. The van der Waals surface area contributed by atoms with E-state index in [2.05, 4.69) is 0 Å². The Morgan fingerprint density at radius 3 is 2.33 bits per heavy atom. The van der Waals surface area contributed by atoms with Gasteiger partial charge in [-0.25, -0.2) is 0 Å². The number of hydrogen-bond donors (Lipinski definition) is 1. The minimum absolute atomic E-state index is 0.197. The lowest BCUT2D eigenvalue weighted by Gasteiger charge is -1.80. The molecule has 0 unspecified atom stereocenters. The van der Waals surface area contributed by atoms with Crippen LogP contribution in [0.15, 0.2) is 12.2 Å². The molecule has 0 spiro atoms. The molecule has 0 aromatic rings. The molecule has 1 N–H and O–H groups in total. The van der Waals surface area contributed by atoms with Crippen molar-refractivity contribution in [2.75, 3.05) is 6.61 Å². The number of rotatable bonds is 3. The Kier molecular flexibility index (Phi) is 3.55. The van der Waals surface area contributed by atoms with Crippen LogP contribution in [-0.2, 0) is 9.59 Å². The second-order valence-electron chi connectivity index (χ2n) is 1.57. The summed E-state index contributed by atoms with van der Waals surface area (Å²) in [5.74, 6) is -0.651. The van der Waals surface area contributed by atoms with Gasteiger partial charge < -0.3 is 5.11 Å². The van der Waals surface area contributed by atoms with Crippen LogP contribution >= 0.6 is 0 Å². The third-order valence-electron chi connectivity index (χ3n) is 0.660. The second kappa shape index (κ2) is 3.97. The molecule has 0 heterocycles. The highest BCUT2D eigenvalue weighted by molar-refractivity contribution is 5.98. The molecule has 0 amide bonds. The molecule has 9 heavy (non-hydrogen) atoms. The maximum absolute atomic E-state index is 10.2. The summed E-state index contributed by atoms with van der Waals surface area (Å²) in [4.78, 5) is 20.4. The van der Waals surface area contributed by atoms with Crippen LogP contribution in [0.5, 0.6) is 0 Å². The van der Waals surface area contributed by atoms with E-state index in [1.54, 1.807) is 0 Å². The lowest BCUT2D eigenvalue weighted by atomic mass is 10.3. The number of ketones is 2. The average Bonchev–Trinajstić information content (AvgIpc) is 1.83. The Morgan fingerprint density at radius 2 is 2.00 bits per heavy atom. The first-order valence-electron chi connectivity index (χ1n) is 2.49. The van der Waals surface area contributed by atoms with E-state index < -0.39 is 12.4 Å². The van der Waals surface area contributed by atoms with Crippen molar-refractivity contribution in [3.63, 3.8) is 0 Å². The summed E-state index contributed by atoms with van der Waals surface area (Å²) >= 11 is 0. The second-order valence-corrected chi connectivity index (χ2v) is 1.57. The van der Waals surface area contributed by atoms with Gasteiger partial charge in [0.1, 0.15) is 6.61 Å². The molecule has 0 aliphatic carbocycles. The van der Waals surface area contributed by atoms with Gasteiger partial charge >= 0.3 is 0 Å². The molecule has 0 atom stereocenters. The van der Waals surface area contributed by atoms with E-state index in [1.807, 2.05) is 0 Å². The third kappa shape index (κ3) is 4.90. The number of carbonyl (C=O) groups excluding carboxylic acids is 2. The van der Waals surface area contributed by atoms with Crippen molar-refractivity contribution in [2.24, 2.45) is 0 Å². The van der Waals surface area contributed by atoms with Gasteiger partial charge in [0.15, 0.2) is 11.6 Å². The monoisotopic (exact) mass is 128 g/mol. The Bertz CT molecular complexity index is 146. The quantitative estimate of drug-likeness (QED) is 0.530. The van der Waals surface area contributed by atoms with Crippen LogP contribution in [0.2, 0.25) is 0 Å². The predicted molar refractivity (Wildman–Crippen MR) is 31.9 cm³/mol. The first-order valence-corrected chi connectivity index (χ1v) is 2.49. The minimum atomic E-state index is -0.538. The number of hydrogen-bond acceptors (Lipinski definition) is 3.